The summed E-state index contributed by atoms with van der Waals surface area (Å²) in [5, 5.41) is 2.75. The Bertz CT molecular complexity index is 757. The Balaban J connectivity index is 1.71. The Morgan fingerprint density at radius 3 is 2.25 bits per heavy atom. The van der Waals surface area contributed by atoms with Crippen LogP contribution in [-0.4, -0.2) is 52.8 Å². The topological polar surface area (TPSA) is 77.1 Å². The molecule has 0 saturated carbocycles. The summed E-state index contributed by atoms with van der Waals surface area (Å²) in [6.45, 7) is 0.959. The van der Waals surface area contributed by atoms with E-state index >= 15 is 0 Å². The van der Waals surface area contributed by atoms with Crippen molar-refractivity contribution in [1.29, 1.82) is 0 Å². The van der Waals surface area contributed by atoms with Gasteiger partial charge in [0.25, 0.3) is 5.91 Å². The Morgan fingerprint density at radius 2 is 1.64 bits per heavy atom. The van der Waals surface area contributed by atoms with Gasteiger partial charge in [-0.25, -0.2) is 4.79 Å². The number of anilines is 1. The SMILES string of the molecule is COc1cc(OC)cc(C(=O)OCC(=O)NCCCN(C)c2ccccc2)c1. The van der Waals surface area contributed by atoms with E-state index in [9.17, 15) is 9.59 Å². The van der Waals surface area contributed by atoms with E-state index in [1.165, 1.54) is 26.4 Å². The Kier molecular flexibility index (Phi) is 8.14. The molecular weight excluding hydrogens is 360 g/mol. The highest BCUT2D eigenvalue weighted by molar-refractivity contribution is 5.92. The summed E-state index contributed by atoms with van der Waals surface area (Å²) in [7, 11) is 4.99. The predicted octanol–water partition coefficient (Wildman–Crippen LogP) is 2.50. The highest BCUT2D eigenvalue weighted by Crippen LogP contribution is 2.22. The van der Waals surface area contributed by atoms with Crippen LogP contribution in [0.2, 0.25) is 0 Å². The zero-order chi connectivity index (χ0) is 20.4. The number of nitrogens with one attached hydrogen (secondary N) is 1. The van der Waals surface area contributed by atoms with Crippen LogP contribution in [0.25, 0.3) is 0 Å². The lowest BCUT2D eigenvalue weighted by Crippen LogP contribution is -2.31. The number of carbonyl (C=O) groups excluding carboxylic acids is 2. The Labute approximate surface area is 165 Å². The van der Waals surface area contributed by atoms with Crippen LogP contribution in [0, 0.1) is 0 Å². The summed E-state index contributed by atoms with van der Waals surface area (Å²) in [4.78, 5) is 26.1. The fourth-order valence-corrected chi connectivity index (χ4v) is 2.55. The lowest BCUT2D eigenvalue weighted by Gasteiger charge is -2.19. The maximum atomic E-state index is 12.1. The molecule has 7 nitrogen and oxygen atoms in total. The molecule has 2 aromatic carbocycles. The molecule has 2 rings (SSSR count). The van der Waals surface area contributed by atoms with Crippen molar-refractivity contribution in [2.24, 2.45) is 0 Å². The molecule has 1 N–H and O–H groups in total. The van der Waals surface area contributed by atoms with Gasteiger partial charge in [0.15, 0.2) is 6.61 Å². The highest BCUT2D eigenvalue weighted by atomic mass is 16.5. The molecule has 0 heterocycles. The molecule has 0 bridgehead atoms. The number of nitrogens with zero attached hydrogens (tertiary/aromatic N) is 1. The standard InChI is InChI=1S/C21H26N2O5/c1-23(17-8-5-4-6-9-17)11-7-10-22-20(24)15-28-21(25)16-12-18(26-2)14-19(13-16)27-3/h4-6,8-9,12-14H,7,10-11,15H2,1-3H3,(H,22,24). The first-order chi connectivity index (χ1) is 13.5. The van der Waals surface area contributed by atoms with Crippen molar-refractivity contribution in [3.8, 4) is 11.5 Å². The monoisotopic (exact) mass is 386 g/mol. The van der Waals surface area contributed by atoms with E-state index in [4.69, 9.17) is 14.2 Å². The molecule has 0 atom stereocenters. The first-order valence-corrected chi connectivity index (χ1v) is 8.96. The maximum absolute atomic E-state index is 12.1. The number of para-hydroxylation sites is 1. The first-order valence-electron chi connectivity index (χ1n) is 8.96. The molecule has 0 saturated heterocycles. The van der Waals surface area contributed by atoms with Crippen molar-refractivity contribution < 1.29 is 23.8 Å². The first kappa shape index (κ1) is 21.1. The maximum Gasteiger partial charge on any atom is 0.338 e. The van der Waals surface area contributed by atoms with Crippen molar-refractivity contribution in [2.75, 3.05) is 45.9 Å². The van der Waals surface area contributed by atoms with Gasteiger partial charge in [-0.05, 0) is 30.7 Å². The number of hydrogen-bond donors (Lipinski definition) is 1. The molecule has 1 amide bonds. The van der Waals surface area contributed by atoms with Gasteiger partial charge in [-0.2, -0.15) is 0 Å². The zero-order valence-electron chi connectivity index (χ0n) is 16.4. The molecular formula is C21H26N2O5. The van der Waals surface area contributed by atoms with Crippen molar-refractivity contribution in [3.05, 3.63) is 54.1 Å². The van der Waals surface area contributed by atoms with Crippen molar-refractivity contribution >= 4 is 17.6 Å². The van der Waals surface area contributed by atoms with Crippen LogP contribution in [0.4, 0.5) is 5.69 Å². The van der Waals surface area contributed by atoms with E-state index in [0.29, 0.717) is 18.0 Å². The van der Waals surface area contributed by atoms with Gasteiger partial charge >= 0.3 is 5.97 Å². The van der Waals surface area contributed by atoms with E-state index in [1.54, 1.807) is 6.07 Å². The minimum atomic E-state index is -0.615. The number of benzene rings is 2. The molecule has 7 heteroatoms. The van der Waals surface area contributed by atoms with Crippen LogP contribution >= 0.6 is 0 Å². The number of ether oxygens (including phenoxy) is 3. The van der Waals surface area contributed by atoms with Crippen LogP contribution in [0.3, 0.4) is 0 Å². The third-order valence-corrected chi connectivity index (χ3v) is 4.11. The molecule has 0 aromatic heterocycles. The van der Waals surface area contributed by atoms with Gasteiger partial charge in [-0.1, -0.05) is 18.2 Å². The number of hydrogen-bond acceptors (Lipinski definition) is 6. The number of esters is 1. The average Bonchev–Trinajstić information content (AvgIpc) is 2.74. The van der Waals surface area contributed by atoms with Crippen LogP contribution in [0.15, 0.2) is 48.5 Å². The minimum Gasteiger partial charge on any atom is -0.497 e. The smallest absolute Gasteiger partial charge is 0.338 e. The minimum absolute atomic E-state index is 0.258. The molecule has 0 aliphatic carbocycles. The Morgan fingerprint density at radius 1 is 1.00 bits per heavy atom. The molecule has 150 valence electrons. The molecule has 0 aliphatic rings. The number of methoxy groups -OCH3 is 2. The lowest BCUT2D eigenvalue weighted by molar-refractivity contribution is -0.124. The summed E-state index contributed by atoms with van der Waals surface area (Å²) < 4.78 is 15.3. The van der Waals surface area contributed by atoms with E-state index in [2.05, 4.69) is 10.2 Å². The average molecular weight is 386 g/mol. The molecule has 28 heavy (non-hydrogen) atoms. The predicted molar refractivity (Wildman–Crippen MR) is 107 cm³/mol. The van der Waals surface area contributed by atoms with Crippen LogP contribution in [0.1, 0.15) is 16.8 Å². The fraction of sp³-hybridized carbons (Fsp3) is 0.333. The summed E-state index contributed by atoms with van der Waals surface area (Å²) >= 11 is 0. The fourth-order valence-electron chi connectivity index (χ4n) is 2.55. The number of amides is 1. The second-order valence-corrected chi connectivity index (χ2v) is 6.14. The van der Waals surface area contributed by atoms with Gasteiger partial charge in [-0.3, -0.25) is 4.79 Å². The lowest BCUT2D eigenvalue weighted by atomic mass is 10.2. The zero-order valence-corrected chi connectivity index (χ0v) is 16.4. The third kappa shape index (κ3) is 6.50. The summed E-state index contributed by atoms with van der Waals surface area (Å²) in [6.07, 6.45) is 0.776. The van der Waals surface area contributed by atoms with Crippen LogP contribution in [0.5, 0.6) is 11.5 Å². The van der Waals surface area contributed by atoms with Gasteiger partial charge < -0.3 is 24.4 Å². The molecule has 0 radical (unpaired) electrons. The molecule has 0 unspecified atom stereocenters. The quantitative estimate of drug-likeness (QED) is 0.499. The van der Waals surface area contributed by atoms with Crippen molar-refractivity contribution in [1.82, 2.24) is 5.32 Å². The summed E-state index contributed by atoms with van der Waals surface area (Å²) in [5.41, 5.74) is 1.38. The van der Waals surface area contributed by atoms with E-state index < -0.39 is 5.97 Å². The number of rotatable bonds is 10. The Hall–Kier alpha value is -3.22. The van der Waals surface area contributed by atoms with Crippen LogP contribution < -0.4 is 19.7 Å². The van der Waals surface area contributed by atoms with E-state index in [0.717, 1.165) is 18.7 Å². The van der Waals surface area contributed by atoms with Crippen LogP contribution in [-0.2, 0) is 9.53 Å². The molecule has 0 spiro atoms. The third-order valence-electron chi connectivity index (χ3n) is 4.11. The van der Waals surface area contributed by atoms with Crippen molar-refractivity contribution in [2.45, 2.75) is 6.42 Å². The molecule has 0 fully saturated rings. The summed E-state index contributed by atoms with van der Waals surface area (Å²) in [5.74, 6) is -0.0155. The van der Waals surface area contributed by atoms with Gasteiger partial charge in [0.2, 0.25) is 0 Å². The van der Waals surface area contributed by atoms with Crippen molar-refractivity contribution in [3.63, 3.8) is 0 Å². The van der Waals surface area contributed by atoms with Gasteiger partial charge in [0.05, 0.1) is 19.8 Å². The second kappa shape index (κ2) is 10.8. The molecule has 0 aliphatic heterocycles. The normalized spacial score (nSPS) is 10.1. The van der Waals surface area contributed by atoms with E-state index in [1.807, 2.05) is 37.4 Å². The number of carbonyl (C=O) groups is 2. The van der Waals surface area contributed by atoms with Gasteiger partial charge in [0, 0.05) is 31.9 Å². The second-order valence-electron chi connectivity index (χ2n) is 6.14. The largest absolute Gasteiger partial charge is 0.497 e. The van der Waals surface area contributed by atoms with E-state index in [-0.39, 0.29) is 18.1 Å². The van der Waals surface area contributed by atoms with Gasteiger partial charge in [0.1, 0.15) is 11.5 Å². The summed E-state index contributed by atoms with van der Waals surface area (Å²) in [6, 6.07) is 14.7. The molecule has 2 aromatic rings. The van der Waals surface area contributed by atoms with Gasteiger partial charge in [-0.15, -0.1) is 0 Å². The highest BCUT2D eigenvalue weighted by Gasteiger charge is 2.13.